The van der Waals surface area contributed by atoms with Crippen molar-refractivity contribution in [2.75, 3.05) is 5.73 Å². The number of aliphatic hydroxyl groups is 1. The van der Waals surface area contributed by atoms with Crippen LogP contribution in [0, 0.1) is 5.82 Å². The fourth-order valence-electron chi connectivity index (χ4n) is 1.79. The van der Waals surface area contributed by atoms with Crippen molar-refractivity contribution in [3.05, 3.63) is 63.9 Å². The first-order valence-electron chi connectivity index (χ1n) is 5.53. The summed E-state index contributed by atoms with van der Waals surface area (Å²) < 4.78 is 13.6. The van der Waals surface area contributed by atoms with Gasteiger partial charge in [0.25, 0.3) is 0 Å². The minimum absolute atomic E-state index is 0.282. The SMILES string of the molecule is Nc1ccc(Br)cc1C(O)Cc1ccc(F)cc1. The van der Waals surface area contributed by atoms with Gasteiger partial charge in [0.15, 0.2) is 0 Å². The molecule has 2 aromatic carbocycles. The van der Waals surface area contributed by atoms with Crippen molar-refractivity contribution >= 4 is 21.6 Å². The van der Waals surface area contributed by atoms with Crippen LogP contribution in [0.4, 0.5) is 10.1 Å². The molecule has 0 saturated carbocycles. The normalized spacial score (nSPS) is 12.4. The number of nitrogens with two attached hydrogens (primary N) is 1. The van der Waals surface area contributed by atoms with Crippen LogP contribution in [0.1, 0.15) is 17.2 Å². The van der Waals surface area contributed by atoms with Gasteiger partial charge in [-0.05, 0) is 35.9 Å². The molecule has 1 atom stereocenters. The topological polar surface area (TPSA) is 46.2 Å². The number of nitrogen functional groups attached to an aromatic ring is 1. The molecule has 18 heavy (non-hydrogen) atoms. The van der Waals surface area contributed by atoms with Gasteiger partial charge < -0.3 is 10.8 Å². The molecule has 0 bridgehead atoms. The Morgan fingerprint density at radius 2 is 1.83 bits per heavy atom. The van der Waals surface area contributed by atoms with Crippen LogP contribution in [0.2, 0.25) is 0 Å². The summed E-state index contributed by atoms with van der Waals surface area (Å²) in [5.41, 5.74) is 7.92. The Hall–Kier alpha value is -1.39. The zero-order valence-electron chi connectivity index (χ0n) is 9.61. The molecule has 2 rings (SSSR count). The predicted molar refractivity (Wildman–Crippen MR) is 73.6 cm³/mol. The number of aliphatic hydroxyl groups excluding tert-OH is 1. The second kappa shape index (κ2) is 5.50. The van der Waals surface area contributed by atoms with Crippen molar-refractivity contribution in [3.63, 3.8) is 0 Å². The Labute approximate surface area is 113 Å². The summed E-state index contributed by atoms with van der Waals surface area (Å²) in [6.07, 6.45) is -0.297. The zero-order chi connectivity index (χ0) is 13.1. The van der Waals surface area contributed by atoms with Gasteiger partial charge in [-0.15, -0.1) is 0 Å². The predicted octanol–water partition coefficient (Wildman–Crippen LogP) is 3.45. The highest BCUT2D eigenvalue weighted by atomic mass is 79.9. The van der Waals surface area contributed by atoms with Crippen LogP contribution in [-0.2, 0) is 6.42 Å². The molecule has 1 unspecified atom stereocenters. The summed E-state index contributed by atoms with van der Waals surface area (Å²) in [5.74, 6) is -0.282. The molecule has 0 amide bonds. The van der Waals surface area contributed by atoms with Crippen molar-refractivity contribution in [1.29, 1.82) is 0 Å². The molecule has 2 aromatic rings. The van der Waals surface area contributed by atoms with E-state index >= 15 is 0 Å². The molecule has 2 nitrogen and oxygen atoms in total. The molecule has 94 valence electrons. The Balaban J connectivity index is 2.18. The highest BCUT2D eigenvalue weighted by Gasteiger charge is 2.12. The molecule has 0 fully saturated rings. The molecular weight excluding hydrogens is 297 g/mol. The van der Waals surface area contributed by atoms with Crippen molar-refractivity contribution in [2.45, 2.75) is 12.5 Å². The van der Waals surface area contributed by atoms with E-state index in [2.05, 4.69) is 15.9 Å². The van der Waals surface area contributed by atoms with Gasteiger partial charge in [0.05, 0.1) is 6.10 Å². The smallest absolute Gasteiger partial charge is 0.123 e. The first-order chi connectivity index (χ1) is 8.56. The lowest BCUT2D eigenvalue weighted by Crippen LogP contribution is -2.05. The molecule has 0 saturated heterocycles. The molecule has 3 N–H and O–H groups in total. The van der Waals surface area contributed by atoms with E-state index in [1.54, 1.807) is 24.3 Å². The van der Waals surface area contributed by atoms with Crippen molar-refractivity contribution in [2.24, 2.45) is 0 Å². The average Bonchev–Trinajstić information content (AvgIpc) is 2.35. The number of benzene rings is 2. The Morgan fingerprint density at radius 1 is 1.17 bits per heavy atom. The third kappa shape index (κ3) is 3.09. The summed E-state index contributed by atoms with van der Waals surface area (Å²) in [5, 5.41) is 10.2. The maximum Gasteiger partial charge on any atom is 0.123 e. The van der Waals surface area contributed by atoms with E-state index in [1.165, 1.54) is 12.1 Å². The molecule has 0 heterocycles. The fourth-order valence-corrected chi connectivity index (χ4v) is 2.17. The van der Waals surface area contributed by atoms with Gasteiger partial charge in [-0.25, -0.2) is 4.39 Å². The molecule has 0 aliphatic carbocycles. The van der Waals surface area contributed by atoms with Crippen LogP contribution in [0.5, 0.6) is 0 Å². The van der Waals surface area contributed by atoms with Crippen LogP contribution in [0.15, 0.2) is 46.9 Å². The number of hydrogen-bond donors (Lipinski definition) is 2. The molecule has 0 aliphatic rings. The standard InChI is InChI=1S/C14H13BrFNO/c15-10-3-6-13(17)12(8-10)14(18)7-9-1-4-11(16)5-2-9/h1-6,8,14,18H,7,17H2. The van der Waals surface area contributed by atoms with Gasteiger partial charge in [0.1, 0.15) is 5.82 Å². The lowest BCUT2D eigenvalue weighted by molar-refractivity contribution is 0.179. The monoisotopic (exact) mass is 309 g/mol. The first kappa shape index (κ1) is 13.1. The number of halogens is 2. The van der Waals surface area contributed by atoms with Crippen molar-refractivity contribution in [1.82, 2.24) is 0 Å². The van der Waals surface area contributed by atoms with E-state index in [1.807, 2.05) is 6.07 Å². The van der Waals surface area contributed by atoms with Gasteiger partial charge in [-0.2, -0.15) is 0 Å². The van der Waals surface area contributed by atoms with Crippen LogP contribution < -0.4 is 5.73 Å². The van der Waals surface area contributed by atoms with E-state index in [0.717, 1.165) is 10.0 Å². The number of hydrogen-bond acceptors (Lipinski definition) is 2. The summed E-state index contributed by atoms with van der Waals surface area (Å²) in [6.45, 7) is 0. The molecular formula is C14H13BrFNO. The van der Waals surface area contributed by atoms with Gasteiger partial charge >= 0.3 is 0 Å². The Kier molecular flexibility index (Phi) is 3.99. The van der Waals surface area contributed by atoms with Gasteiger partial charge in [-0.3, -0.25) is 0 Å². The summed E-state index contributed by atoms with van der Waals surface area (Å²) >= 11 is 3.34. The maximum absolute atomic E-state index is 12.8. The van der Waals surface area contributed by atoms with Crippen LogP contribution in [-0.4, -0.2) is 5.11 Å². The summed E-state index contributed by atoms with van der Waals surface area (Å²) in [7, 11) is 0. The van der Waals surface area contributed by atoms with Gasteiger partial charge in [0.2, 0.25) is 0 Å². The first-order valence-corrected chi connectivity index (χ1v) is 6.33. The van der Waals surface area contributed by atoms with E-state index in [4.69, 9.17) is 5.73 Å². The third-order valence-electron chi connectivity index (χ3n) is 2.75. The van der Waals surface area contributed by atoms with Crippen LogP contribution >= 0.6 is 15.9 Å². The van der Waals surface area contributed by atoms with E-state index in [0.29, 0.717) is 17.7 Å². The van der Waals surface area contributed by atoms with Crippen molar-refractivity contribution < 1.29 is 9.50 Å². The summed E-state index contributed by atoms with van der Waals surface area (Å²) in [4.78, 5) is 0. The third-order valence-corrected chi connectivity index (χ3v) is 3.24. The second-order valence-corrected chi connectivity index (χ2v) is 5.04. The highest BCUT2D eigenvalue weighted by molar-refractivity contribution is 9.10. The average molecular weight is 310 g/mol. The zero-order valence-corrected chi connectivity index (χ0v) is 11.2. The van der Waals surface area contributed by atoms with Gasteiger partial charge in [0, 0.05) is 22.1 Å². The minimum Gasteiger partial charge on any atom is -0.398 e. The fraction of sp³-hybridized carbons (Fsp3) is 0.143. The molecule has 0 aromatic heterocycles. The molecule has 0 radical (unpaired) electrons. The lowest BCUT2D eigenvalue weighted by Gasteiger charge is -2.14. The Morgan fingerprint density at radius 3 is 2.50 bits per heavy atom. The van der Waals surface area contributed by atoms with Crippen molar-refractivity contribution in [3.8, 4) is 0 Å². The van der Waals surface area contributed by atoms with E-state index < -0.39 is 6.10 Å². The Bertz CT molecular complexity index is 542. The highest BCUT2D eigenvalue weighted by Crippen LogP contribution is 2.27. The van der Waals surface area contributed by atoms with Crippen LogP contribution in [0.3, 0.4) is 0 Å². The minimum atomic E-state index is -0.701. The largest absolute Gasteiger partial charge is 0.398 e. The molecule has 0 spiro atoms. The maximum atomic E-state index is 12.8. The van der Waals surface area contributed by atoms with E-state index in [-0.39, 0.29) is 5.82 Å². The quantitative estimate of drug-likeness (QED) is 0.853. The number of anilines is 1. The number of rotatable bonds is 3. The second-order valence-electron chi connectivity index (χ2n) is 4.12. The van der Waals surface area contributed by atoms with Gasteiger partial charge in [-0.1, -0.05) is 28.1 Å². The molecule has 0 aliphatic heterocycles. The van der Waals surface area contributed by atoms with Crippen LogP contribution in [0.25, 0.3) is 0 Å². The lowest BCUT2D eigenvalue weighted by atomic mass is 10.0. The molecule has 4 heteroatoms. The summed E-state index contributed by atoms with van der Waals surface area (Å²) in [6, 6.07) is 11.4. The van der Waals surface area contributed by atoms with E-state index in [9.17, 15) is 9.50 Å².